The number of benzene rings is 2. The summed E-state index contributed by atoms with van der Waals surface area (Å²) in [4.78, 5) is 12.5. The van der Waals surface area contributed by atoms with Gasteiger partial charge in [-0.1, -0.05) is 18.2 Å². The molecule has 1 aromatic heterocycles. The summed E-state index contributed by atoms with van der Waals surface area (Å²) in [5, 5.41) is 28.7. The van der Waals surface area contributed by atoms with Gasteiger partial charge in [-0.3, -0.25) is 0 Å². The summed E-state index contributed by atoms with van der Waals surface area (Å²) in [5.41, 5.74) is -0.644. The van der Waals surface area contributed by atoms with E-state index in [1.165, 1.54) is 4.90 Å². The van der Waals surface area contributed by atoms with Crippen LogP contribution in [0.25, 0.3) is 22.0 Å². The first kappa shape index (κ1) is 20.7. The van der Waals surface area contributed by atoms with Gasteiger partial charge in [0.15, 0.2) is 0 Å². The van der Waals surface area contributed by atoms with Crippen molar-refractivity contribution in [3.63, 3.8) is 0 Å². The fourth-order valence-corrected chi connectivity index (χ4v) is 3.64. The van der Waals surface area contributed by atoms with Crippen LogP contribution in [-0.4, -0.2) is 50.6 Å². The second-order valence-electron chi connectivity index (χ2n) is 7.24. The minimum atomic E-state index is -4.58. The van der Waals surface area contributed by atoms with Crippen LogP contribution in [-0.2, 0) is 6.18 Å². The maximum Gasteiger partial charge on any atom is 0.416 e. The number of aromatic nitrogens is 2. The summed E-state index contributed by atoms with van der Waals surface area (Å²) in [6.45, 7) is 0.639. The van der Waals surface area contributed by atoms with Crippen molar-refractivity contribution < 1.29 is 32.9 Å². The van der Waals surface area contributed by atoms with Crippen LogP contribution in [0.3, 0.4) is 0 Å². The molecule has 0 bridgehead atoms. The molecule has 2 N–H and O–H groups in total. The smallest absolute Gasteiger partial charge is 0.416 e. The largest absolute Gasteiger partial charge is 0.507 e. The van der Waals surface area contributed by atoms with Gasteiger partial charge in [0, 0.05) is 22.9 Å². The van der Waals surface area contributed by atoms with E-state index in [0.717, 1.165) is 12.1 Å². The molecule has 0 aliphatic carbocycles. The molecular weight excluding hydrogens is 415 g/mol. The number of likely N-dealkylation sites (tertiary alicyclic amines) is 1. The molecule has 3 aromatic rings. The van der Waals surface area contributed by atoms with E-state index in [-0.39, 0.29) is 23.7 Å². The molecule has 31 heavy (non-hydrogen) atoms. The molecule has 1 atom stereocenters. The number of hydrogen-bond donors (Lipinski definition) is 2. The van der Waals surface area contributed by atoms with Crippen LogP contribution >= 0.6 is 0 Å². The Balaban J connectivity index is 1.70. The van der Waals surface area contributed by atoms with Crippen molar-refractivity contribution in [2.24, 2.45) is 0 Å². The molecule has 0 unspecified atom stereocenters. The Morgan fingerprint density at radius 3 is 2.55 bits per heavy atom. The predicted octanol–water partition coefficient (Wildman–Crippen LogP) is 4.54. The summed E-state index contributed by atoms with van der Waals surface area (Å²) in [7, 11) is 0. The molecule has 0 spiro atoms. The molecule has 1 saturated heterocycles. The lowest BCUT2D eigenvalue weighted by Crippen LogP contribution is -2.43. The number of fused-ring (bicyclic) bond motifs is 1. The third-order valence-corrected chi connectivity index (χ3v) is 5.16. The highest BCUT2D eigenvalue weighted by atomic mass is 19.4. The number of amides is 1. The molecule has 0 saturated carbocycles. The number of carboxylic acid groups (broad SMARTS) is 1. The lowest BCUT2D eigenvalue weighted by atomic mass is 10.0. The number of alkyl halides is 3. The topological polar surface area (TPSA) is 95.8 Å². The van der Waals surface area contributed by atoms with Gasteiger partial charge in [-0.15, -0.1) is 10.2 Å². The lowest BCUT2D eigenvalue weighted by molar-refractivity contribution is -0.137. The zero-order valence-electron chi connectivity index (χ0n) is 16.1. The van der Waals surface area contributed by atoms with Crippen molar-refractivity contribution in [2.75, 3.05) is 13.1 Å². The number of nitrogens with zero attached hydrogens (tertiary/aromatic N) is 3. The quantitative estimate of drug-likeness (QED) is 0.630. The van der Waals surface area contributed by atoms with Gasteiger partial charge < -0.3 is 19.8 Å². The first-order chi connectivity index (χ1) is 14.7. The lowest BCUT2D eigenvalue weighted by Gasteiger charge is -2.30. The van der Waals surface area contributed by atoms with Crippen molar-refractivity contribution in [1.82, 2.24) is 15.1 Å². The van der Waals surface area contributed by atoms with Gasteiger partial charge in [0.05, 0.1) is 12.1 Å². The van der Waals surface area contributed by atoms with Crippen molar-refractivity contribution in [1.29, 1.82) is 0 Å². The number of carbonyl (C=O) groups is 1. The molecule has 7 nitrogen and oxygen atoms in total. The van der Waals surface area contributed by atoms with Crippen molar-refractivity contribution in [2.45, 2.75) is 25.1 Å². The van der Waals surface area contributed by atoms with E-state index in [2.05, 4.69) is 10.2 Å². The molecule has 0 radical (unpaired) electrons. The van der Waals surface area contributed by atoms with E-state index in [1.807, 2.05) is 0 Å². The average molecular weight is 433 g/mol. The van der Waals surface area contributed by atoms with Gasteiger partial charge in [0.2, 0.25) is 5.88 Å². The van der Waals surface area contributed by atoms with Gasteiger partial charge in [0.25, 0.3) is 0 Å². The third-order valence-electron chi connectivity index (χ3n) is 5.16. The van der Waals surface area contributed by atoms with E-state index >= 15 is 0 Å². The molecule has 1 aliphatic rings. The molecule has 10 heteroatoms. The SMILES string of the molecule is O=C(O)N1CCC[C@@H](Oc2nnc(-c3ccc(C(F)(F)F)cc3O)c3ccccc23)C1. The number of phenolic OH excluding ortho intramolecular Hbond substituents is 1. The maximum absolute atomic E-state index is 12.9. The zero-order chi connectivity index (χ0) is 22.2. The summed E-state index contributed by atoms with van der Waals surface area (Å²) in [6.07, 6.45) is -4.68. The number of hydrogen-bond acceptors (Lipinski definition) is 5. The van der Waals surface area contributed by atoms with E-state index in [4.69, 9.17) is 4.74 Å². The van der Waals surface area contributed by atoms with Crippen LogP contribution in [0.1, 0.15) is 18.4 Å². The highest BCUT2D eigenvalue weighted by Gasteiger charge is 2.31. The standard InChI is InChI=1S/C21H18F3N3O4/c22-21(23,24)12-7-8-16(17(28)10-12)18-14-5-1-2-6-15(14)19(26-25-18)31-13-4-3-9-27(11-13)20(29)30/h1-2,5-8,10,13,28H,3-4,9,11H2,(H,29,30)/t13-/m1/s1. The molecule has 1 fully saturated rings. The number of halogens is 3. The maximum atomic E-state index is 12.9. The van der Waals surface area contributed by atoms with Gasteiger partial charge in [0.1, 0.15) is 17.5 Å². The summed E-state index contributed by atoms with van der Waals surface area (Å²) >= 11 is 0. The third kappa shape index (κ3) is 4.18. The van der Waals surface area contributed by atoms with Crippen LogP contribution in [0, 0.1) is 0 Å². The Morgan fingerprint density at radius 2 is 1.87 bits per heavy atom. The first-order valence-electron chi connectivity index (χ1n) is 9.54. The Labute approximate surface area is 174 Å². The highest BCUT2D eigenvalue weighted by Crippen LogP contribution is 2.39. The second kappa shape index (κ2) is 7.93. The minimum absolute atomic E-state index is 0.109. The number of phenols is 1. The Kier molecular flexibility index (Phi) is 5.30. The molecule has 1 amide bonds. The minimum Gasteiger partial charge on any atom is -0.507 e. The molecule has 2 heterocycles. The van der Waals surface area contributed by atoms with Crippen molar-refractivity contribution in [3.05, 3.63) is 48.0 Å². The molecule has 1 aliphatic heterocycles. The van der Waals surface area contributed by atoms with E-state index < -0.39 is 29.7 Å². The monoisotopic (exact) mass is 433 g/mol. The van der Waals surface area contributed by atoms with E-state index in [9.17, 15) is 28.2 Å². The Hall–Kier alpha value is -3.56. The summed E-state index contributed by atoms with van der Waals surface area (Å²) < 4.78 is 44.7. The van der Waals surface area contributed by atoms with Crippen molar-refractivity contribution in [3.8, 4) is 22.9 Å². The molecular formula is C21H18F3N3O4. The Bertz CT molecular complexity index is 1140. The predicted molar refractivity (Wildman–Crippen MR) is 105 cm³/mol. The van der Waals surface area contributed by atoms with E-state index in [0.29, 0.717) is 36.2 Å². The highest BCUT2D eigenvalue weighted by molar-refractivity contribution is 5.98. The number of aromatic hydroxyl groups is 1. The fraction of sp³-hybridized carbons (Fsp3) is 0.286. The Morgan fingerprint density at radius 1 is 1.13 bits per heavy atom. The first-order valence-corrected chi connectivity index (χ1v) is 9.54. The van der Waals surface area contributed by atoms with E-state index in [1.54, 1.807) is 24.3 Å². The number of ether oxygens (including phenoxy) is 1. The number of rotatable bonds is 3. The molecule has 162 valence electrons. The zero-order valence-corrected chi connectivity index (χ0v) is 16.1. The average Bonchev–Trinajstić information content (AvgIpc) is 2.74. The fourth-order valence-electron chi connectivity index (χ4n) is 3.64. The number of piperidine rings is 1. The van der Waals surface area contributed by atoms with Gasteiger partial charge in [-0.05, 0) is 37.1 Å². The normalized spacial score (nSPS) is 17.0. The van der Waals surface area contributed by atoms with Crippen LogP contribution < -0.4 is 4.74 Å². The molecule has 2 aromatic carbocycles. The van der Waals surface area contributed by atoms with Gasteiger partial charge in [-0.25, -0.2) is 4.79 Å². The summed E-state index contributed by atoms with van der Waals surface area (Å²) in [6, 6.07) is 9.58. The van der Waals surface area contributed by atoms with Gasteiger partial charge >= 0.3 is 12.3 Å². The second-order valence-corrected chi connectivity index (χ2v) is 7.24. The summed E-state index contributed by atoms with van der Waals surface area (Å²) in [5.74, 6) is -0.365. The van der Waals surface area contributed by atoms with Gasteiger partial charge in [-0.2, -0.15) is 13.2 Å². The van der Waals surface area contributed by atoms with Crippen LogP contribution in [0.4, 0.5) is 18.0 Å². The van der Waals surface area contributed by atoms with Crippen LogP contribution in [0.2, 0.25) is 0 Å². The van der Waals surface area contributed by atoms with Crippen molar-refractivity contribution >= 4 is 16.9 Å². The molecule has 4 rings (SSSR count). The van der Waals surface area contributed by atoms with Crippen LogP contribution in [0.15, 0.2) is 42.5 Å². The van der Waals surface area contributed by atoms with Crippen LogP contribution in [0.5, 0.6) is 11.6 Å².